The quantitative estimate of drug-likeness (QED) is 0.181. The van der Waals surface area contributed by atoms with E-state index in [1.54, 1.807) is 24.3 Å². The molecule has 0 saturated carbocycles. The molecule has 1 atom stereocenters. The summed E-state index contributed by atoms with van der Waals surface area (Å²) >= 11 is 0. The Hall–Kier alpha value is -5.43. The lowest BCUT2D eigenvalue weighted by molar-refractivity contribution is 0.284. The largest absolute Gasteiger partial charge is 0.507 e. The van der Waals surface area contributed by atoms with E-state index < -0.39 is 11.5 Å². The van der Waals surface area contributed by atoms with Crippen LogP contribution in [0, 0.1) is 27.7 Å². The highest BCUT2D eigenvalue weighted by Crippen LogP contribution is 2.49. The van der Waals surface area contributed by atoms with Gasteiger partial charge in [0.05, 0.1) is 29.5 Å². The van der Waals surface area contributed by atoms with Gasteiger partial charge in [0.2, 0.25) is 0 Å². The molecule has 0 aliphatic carbocycles. The number of benzene rings is 4. The fraction of sp³-hybridized carbons (Fsp3) is 0.184. The van der Waals surface area contributed by atoms with Gasteiger partial charge >= 0.3 is 5.63 Å². The summed E-state index contributed by atoms with van der Waals surface area (Å²) in [6.45, 7) is 12.0. The van der Waals surface area contributed by atoms with Crippen molar-refractivity contribution in [1.82, 2.24) is 0 Å². The second-order valence-corrected chi connectivity index (χ2v) is 11.5. The first-order valence-corrected chi connectivity index (χ1v) is 14.6. The number of aryl methyl sites for hydroxylation is 4. The molecule has 0 amide bonds. The summed E-state index contributed by atoms with van der Waals surface area (Å²) in [6.07, 6.45) is 0. The molecule has 2 heterocycles. The average molecular weight is 603 g/mol. The van der Waals surface area contributed by atoms with Gasteiger partial charge in [-0.05, 0) is 85.3 Å². The van der Waals surface area contributed by atoms with Gasteiger partial charge in [-0.25, -0.2) is 4.79 Å². The molecule has 7 heteroatoms. The molecule has 0 fully saturated rings. The van der Waals surface area contributed by atoms with Crippen LogP contribution in [0.25, 0.3) is 16.7 Å². The van der Waals surface area contributed by atoms with Crippen molar-refractivity contribution < 1.29 is 28.8 Å². The number of hydrogen-bond donors (Lipinski definition) is 2. The van der Waals surface area contributed by atoms with Gasteiger partial charge in [-0.3, -0.25) is 0 Å². The van der Waals surface area contributed by atoms with E-state index in [1.807, 2.05) is 76.2 Å². The number of rotatable bonds is 7. The van der Waals surface area contributed by atoms with Gasteiger partial charge in [0, 0.05) is 5.57 Å². The first-order valence-electron chi connectivity index (χ1n) is 14.6. The zero-order chi connectivity index (χ0) is 32.0. The second-order valence-electron chi connectivity index (χ2n) is 11.5. The summed E-state index contributed by atoms with van der Waals surface area (Å²) in [5, 5.41) is 24.1. The standard InChI is InChI=1S/C38H34O7/c1-20-14-22(3)36-27(16-20)34(39)31(24(5)44-36)32(33-35(40)28-17-21(2)15-23(4)37(28)45-38(33)41)26-12-13-29(30(18-26)42-6)43-19-25-10-8-7-9-11-25/h7-18,32,39-40H,5,19H2,1-4,6H3. The summed E-state index contributed by atoms with van der Waals surface area (Å²) in [6, 6.07) is 22.4. The van der Waals surface area contributed by atoms with Gasteiger partial charge in [-0.15, -0.1) is 0 Å². The van der Waals surface area contributed by atoms with Gasteiger partial charge in [0.1, 0.15) is 35.2 Å². The Morgan fingerprint density at radius 1 is 0.867 bits per heavy atom. The molecule has 6 rings (SSSR count). The number of aromatic hydroxyl groups is 1. The Morgan fingerprint density at radius 2 is 1.58 bits per heavy atom. The first-order chi connectivity index (χ1) is 21.6. The molecule has 1 unspecified atom stereocenters. The van der Waals surface area contributed by atoms with Gasteiger partial charge in [-0.1, -0.05) is 55.1 Å². The van der Waals surface area contributed by atoms with Gasteiger partial charge < -0.3 is 28.8 Å². The molecule has 7 nitrogen and oxygen atoms in total. The molecule has 1 aliphatic heterocycles. The lowest BCUT2D eigenvalue weighted by atomic mass is 9.81. The summed E-state index contributed by atoms with van der Waals surface area (Å²) in [5.41, 5.74) is 5.02. The van der Waals surface area contributed by atoms with E-state index in [0.717, 1.165) is 27.8 Å². The van der Waals surface area contributed by atoms with Crippen LogP contribution in [0.4, 0.5) is 0 Å². The molecule has 1 aromatic heterocycles. The molecule has 0 radical (unpaired) electrons. The lowest BCUT2D eigenvalue weighted by Crippen LogP contribution is -2.22. The summed E-state index contributed by atoms with van der Waals surface area (Å²) in [5.74, 6) is 0.0951. The Kier molecular flexibility index (Phi) is 7.62. The highest BCUT2D eigenvalue weighted by molar-refractivity contribution is 5.88. The fourth-order valence-corrected chi connectivity index (χ4v) is 6.12. The molecule has 228 valence electrons. The number of ether oxygens (including phenoxy) is 3. The van der Waals surface area contributed by atoms with Crippen LogP contribution in [0.2, 0.25) is 0 Å². The smallest absolute Gasteiger partial charge is 0.344 e. The first kappa shape index (κ1) is 29.6. The Bertz CT molecular complexity index is 2070. The lowest BCUT2D eigenvalue weighted by Gasteiger charge is -2.30. The van der Waals surface area contributed by atoms with Gasteiger partial charge in [0.15, 0.2) is 11.5 Å². The minimum absolute atomic E-state index is 0.0633. The summed E-state index contributed by atoms with van der Waals surface area (Å²) in [4.78, 5) is 13.8. The van der Waals surface area contributed by atoms with E-state index in [9.17, 15) is 15.0 Å². The average Bonchev–Trinajstić information content (AvgIpc) is 3.01. The SMILES string of the molecule is C=C1Oc2c(C)cc(C)cc2C(O)=C1C(c1ccc(OCc2ccccc2)c(OC)c1)c1c(O)c2cc(C)cc(C)c2oc1=O. The molecule has 5 aromatic rings. The maximum atomic E-state index is 13.8. The van der Waals surface area contributed by atoms with Crippen molar-refractivity contribution in [1.29, 1.82) is 0 Å². The molecule has 0 saturated heterocycles. The van der Waals surface area contributed by atoms with E-state index in [4.69, 9.17) is 18.6 Å². The van der Waals surface area contributed by atoms with Crippen molar-refractivity contribution >= 4 is 16.7 Å². The van der Waals surface area contributed by atoms with Crippen molar-refractivity contribution in [3.8, 4) is 23.0 Å². The number of fused-ring (bicyclic) bond motifs is 2. The number of hydrogen-bond acceptors (Lipinski definition) is 7. The Balaban J connectivity index is 1.59. The normalized spacial score (nSPS) is 13.4. The van der Waals surface area contributed by atoms with Gasteiger partial charge in [0.25, 0.3) is 0 Å². The highest BCUT2D eigenvalue weighted by Gasteiger charge is 2.37. The van der Waals surface area contributed by atoms with Crippen molar-refractivity contribution in [2.45, 2.75) is 40.2 Å². The summed E-state index contributed by atoms with van der Waals surface area (Å²) in [7, 11) is 1.53. The van der Waals surface area contributed by atoms with Crippen molar-refractivity contribution in [3.63, 3.8) is 0 Å². The van der Waals surface area contributed by atoms with Crippen LogP contribution in [0.15, 0.2) is 99.9 Å². The van der Waals surface area contributed by atoms with Crippen LogP contribution >= 0.6 is 0 Å². The minimum atomic E-state index is -1.05. The number of allylic oxidation sites excluding steroid dienone is 1. The predicted molar refractivity (Wildman–Crippen MR) is 174 cm³/mol. The Morgan fingerprint density at radius 3 is 2.31 bits per heavy atom. The predicted octanol–water partition coefficient (Wildman–Crippen LogP) is 8.33. The maximum Gasteiger partial charge on any atom is 0.344 e. The van der Waals surface area contributed by atoms with Crippen LogP contribution in [-0.2, 0) is 6.61 Å². The van der Waals surface area contributed by atoms with E-state index in [1.165, 1.54) is 7.11 Å². The molecule has 4 aromatic carbocycles. The Labute approximate surface area is 261 Å². The number of aliphatic hydroxyl groups is 1. The zero-order valence-electron chi connectivity index (χ0n) is 25.9. The molecule has 0 spiro atoms. The van der Waals surface area contributed by atoms with Crippen LogP contribution in [0.5, 0.6) is 23.0 Å². The zero-order valence-corrected chi connectivity index (χ0v) is 25.9. The van der Waals surface area contributed by atoms with Gasteiger partial charge in [-0.2, -0.15) is 0 Å². The third-order valence-electron chi connectivity index (χ3n) is 8.13. The molecule has 45 heavy (non-hydrogen) atoms. The summed E-state index contributed by atoms with van der Waals surface area (Å²) < 4.78 is 23.9. The third kappa shape index (κ3) is 5.31. The van der Waals surface area contributed by atoms with Crippen LogP contribution in [0.1, 0.15) is 50.4 Å². The second kappa shape index (κ2) is 11.6. The molecular formula is C38H34O7. The highest BCUT2D eigenvalue weighted by atomic mass is 16.5. The maximum absolute atomic E-state index is 13.8. The fourth-order valence-electron chi connectivity index (χ4n) is 6.12. The van der Waals surface area contributed by atoms with Crippen molar-refractivity contribution in [3.05, 3.63) is 146 Å². The van der Waals surface area contributed by atoms with Crippen molar-refractivity contribution in [2.75, 3.05) is 7.11 Å². The van der Waals surface area contributed by atoms with E-state index in [-0.39, 0.29) is 28.4 Å². The van der Waals surface area contributed by atoms with Crippen molar-refractivity contribution in [2.24, 2.45) is 0 Å². The van der Waals surface area contributed by atoms with E-state index >= 15 is 0 Å². The monoisotopic (exact) mass is 602 g/mol. The van der Waals surface area contributed by atoms with E-state index in [2.05, 4.69) is 6.58 Å². The van der Waals surface area contributed by atoms with Crippen LogP contribution in [-0.4, -0.2) is 17.3 Å². The molecular weight excluding hydrogens is 568 g/mol. The van der Waals surface area contributed by atoms with E-state index in [0.29, 0.717) is 46.0 Å². The van der Waals surface area contributed by atoms with Crippen LogP contribution < -0.4 is 19.8 Å². The molecule has 2 N–H and O–H groups in total. The molecule has 0 bridgehead atoms. The number of methoxy groups -OCH3 is 1. The topological polar surface area (TPSA) is 98.4 Å². The van der Waals surface area contributed by atoms with Crippen LogP contribution in [0.3, 0.4) is 0 Å². The third-order valence-corrected chi connectivity index (χ3v) is 8.13. The molecule has 1 aliphatic rings. The minimum Gasteiger partial charge on any atom is -0.507 e. The number of aliphatic hydroxyl groups excluding tert-OH is 1.